The number of ketones is 3. The number of alkyl carbamates (subject to hydrolysis) is 2. The number of hydrogen-bond acceptors (Lipinski definition) is 16. The minimum atomic E-state index is -2.03. The molecule has 21 heteroatoms. The molecule has 1 aromatic carbocycles. The second kappa shape index (κ2) is 29.8. The smallest absolute Gasteiger partial charge is 0.408 e. The summed E-state index contributed by atoms with van der Waals surface area (Å²) in [6, 6.07) is 9.61. The van der Waals surface area contributed by atoms with Crippen molar-refractivity contribution in [1.82, 2.24) is 10.6 Å². The first-order valence-electron chi connectivity index (χ1n) is 28.7. The molecule has 0 spiro atoms. The van der Waals surface area contributed by atoms with Crippen LogP contribution in [0.25, 0.3) is 0 Å². The third kappa shape index (κ3) is 24.8. The van der Waals surface area contributed by atoms with Gasteiger partial charge >= 0.3 is 24.1 Å². The number of thioether (sulfide) groups is 2. The fraction of sp³-hybridized carbons (Fsp3) is 0.783. The first-order valence-corrected chi connectivity index (χ1v) is 39.5. The van der Waals surface area contributed by atoms with Crippen molar-refractivity contribution in [2.45, 2.75) is 274 Å². The molecule has 16 nitrogen and oxygen atoms in total. The summed E-state index contributed by atoms with van der Waals surface area (Å²) < 4.78 is 39.8. The van der Waals surface area contributed by atoms with Crippen LogP contribution in [0.15, 0.2) is 30.3 Å². The van der Waals surface area contributed by atoms with E-state index in [1.165, 1.54) is 31.5 Å². The lowest BCUT2D eigenvalue weighted by Crippen LogP contribution is -2.54. The molecular formula is C60H106N2O14S2Si3. The average molecular weight is 1230 g/mol. The molecule has 2 unspecified atom stereocenters. The van der Waals surface area contributed by atoms with E-state index >= 15 is 0 Å². The van der Waals surface area contributed by atoms with Crippen LogP contribution >= 0.6 is 23.5 Å². The van der Waals surface area contributed by atoms with Crippen LogP contribution in [0.4, 0.5) is 9.59 Å². The number of amides is 2. The third-order valence-corrected chi connectivity index (χ3v) is 32.5. The molecule has 4 rings (SSSR count). The van der Waals surface area contributed by atoms with Crippen LogP contribution in [0.3, 0.4) is 0 Å². The monoisotopic (exact) mass is 1230 g/mol. The number of carbonyl (C=O) groups excluding carboxylic acids is 7. The van der Waals surface area contributed by atoms with Gasteiger partial charge < -0.3 is 42.9 Å². The Labute approximate surface area is 499 Å². The summed E-state index contributed by atoms with van der Waals surface area (Å²) in [7, 11) is -3.30. The van der Waals surface area contributed by atoms with E-state index in [0.29, 0.717) is 62.4 Å². The van der Waals surface area contributed by atoms with E-state index in [0.717, 1.165) is 5.75 Å². The summed E-state index contributed by atoms with van der Waals surface area (Å²) in [6.45, 7) is 45.1. The van der Waals surface area contributed by atoms with Gasteiger partial charge in [0.1, 0.15) is 40.1 Å². The van der Waals surface area contributed by atoms with Gasteiger partial charge in [0, 0.05) is 60.5 Å². The number of benzene rings is 1. The number of Topliss-reactive ketones (excluding diaryl/α,β-unsaturated/α-hetero) is 3. The number of esters is 2. The van der Waals surface area contributed by atoms with E-state index in [2.05, 4.69) is 136 Å². The van der Waals surface area contributed by atoms with Crippen molar-refractivity contribution in [2.24, 2.45) is 5.92 Å². The van der Waals surface area contributed by atoms with Crippen LogP contribution in [0.1, 0.15) is 168 Å². The summed E-state index contributed by atoms with van der Waals surface area (Å²) in [6.07, 6.45) is 2.22. The first kappa shape index (κ1) is 74.0. The second-order valence-corrected chi connectivity index (χ2v) is 45.5. The van der Waals surface area contributed by atoms with E-state index in [-0.39, 0.29) is 61.9 Å². The van der Waals surface area contributed by atoms with Crippen molar-refractivity contribution in [1.29, 1.82) is 0 Å². The van der Waals surface area contributed by atoms with Crippen LogP contribution < -0.4 is 10.6 Å². The highest BCUT2D eigenvalue weighted by molar-refractivity contribution is 8.00. The van der Waals surface area contributed by atoms with E-state index in [1.807, 2.05) is 17.8 Å². The number of carbonyl (C=O) groups is 7. The molecule has 3 fully saturated rings. The fourth-order valence-corrected chi connectivity index (χ4v) is 15.2. The van der Waals surface area contributed by atoms with Crippen molar-refractivity contribution in [3.63, 3.8) is 0 Å². The Kier molecular flexibility index (Phi) is 27.3. The number of methoxy groups -OCH3 is 2. The van der Waals surface area contributed by atoms with Gasteiger partial charge in [-0.15, -0.1) is 0 Å². The molecule has 0 radical (unpaired) electrons. The highest BCUT2D eigenvalue weighted by Gasteiger charge is 2.48. The van der Waals surface area contributed by atoms with Gasteiger partial charge in [0.25, 0.3) is 0 Å². The topological polar surface area (TPSA) is 208 Å². The van der Waals surface area contributed by atoms with E-state index in [4.69, 9.17) is 32.2 Å². The maximum absolute atomic E-state index is 12.5. The average Bonchev–Trinajstić information content (AvgIpc) is 3.95. The number of nitrogens with one attached hydrogen (secondary N) is 2. The molecular weight excluding hydrogens is 1120 g/mol. The first-order chi connectivity index (χ1) is 36.6. The summed E-state index contributed by atoms with van der Waals surface area (Å²) in [5.74, 6) is 0.862. The van der Waals surface area contributed by atoms with Gasteiger partial charge in [-0.1, -0.05) is 92.6 Å². The zero-order chi connectivity index (χ0) is 62.5. The highest BCUT2D eigenvalue weighted by atomic mass is 32.2. The van der Waals surface area contributed by atoms with Crippen molar-refractivity contribution < 1.29 is 65.8 Å². The van der Waals surface area contributed by atoms with Crippen LogP contribution in [0, 0.1) is 5.92 Å². The second-order valence-electron chi connectivity index (χ2n) is 28.8. The molecule has 2 amide bonds. The summed E-state index contributed by atoms with van der Waals surface area (Å²) in [4.78, 5) is 85.2. The van der Waals surface area contributed by atoms with Gasteiger partial charge in [-0.05, 0) is 127 Å². The minimum Gasteiger partial charge on any atom is -0.467 e. The maximum Gasteiger partial charge on any atom is 0.408 e. The van der Waals surface area contributed by atoms with Crippen molar-refractivity contribution in [3.8, 4) is 0 Å². The van der Waals surface area contributed by atoms with E-state index < -0.39 is 71.9 Å². The molecule has 0 aromatic heterocycles. The standard InChI is InChI=1S/C22H41NO6Si.C20H37NO6SSi.C18H28O2SSi/c1-20(2,3)28-19(26)23-22(7,18(25)27-8)12-11-15-13-16(24)14-17(15)29-30(9,10)21(4,5)6;1-19(2,3)26-18(24)21-14(17(23)25-7)12-28-16-11-13(22)10-15(16)27-29(8,9)20(4,5)6;1-18(2,3)22(4,5)20-16-11-15(19)12-17(16)21-13-14-9-7-6-8-10-14/h15,17H,11-14H2,1-10H3,(H,23,26);14-16H,10-12H2,1-9H3,(H,21,24);6-10,16-17H,11-13H2,1-5H3/t15-,17?,22+;14-,15-,16?;16-,17-/m101/s1. The predicted octanol–water partition coefficient (Wildman–Crippen LogP) is 13.5. The summed E-state index contributed by atoms with van der Waals surface area (Å²) in [5, 5.41) is 5.77. The van der Waals surface area contributed by atoms with Crippen molar-refractivity contribution in [2.75, 3.05) is 20.0 Å². The molecule has 0 saturated heterocycles. The molecule has 3 aliphatic carbocycles. The fourth-order valence-electron chi connectivity index (χ4n) is 8.35. The van der Waals surface area contributed by atoms with Crippen molar-refractivity contribution in [3.05, 3.63) is 35.9 Å². The van der Waals surface area contributed by atoms with Crippen LogP contribution in [-0.2, 0) is 62.0 Å². The zero-order valence-corrected chi connectivity index (χ0v) is 58.7. The Morgan fingerprint density at radius 1 is 0.556 bits per heavy atom. The lowest BCUT2D eigenvalue weighted by Gasteiger charge is -2.40. The molecule has 81 heavy (non-hydrogen) atoms. The number of hydrogen-bond donors (Lipinski definition) is 2. The molecule has 464 valence electrons. The van der Waals surface area contributed by atoms with Gasteiger partial charge in [-0.2, -0.15) is 23.5 Å². The molecule has 3 aliphatic rings. The quantitative estimate of drug-likeness (QED) is 0.0750. The molecule has 0 bridgehead atoms. The number of ether oxygens (including phenoxy) is 4. The Hall–Kier alpha value is -3.06. The molecule has 1 aromatic rings. The SMILES string of the molecule is CC(C)(C)[Si](C)(C)O[C@@H]1CC(=O)C[C@H]1SCc1ccccc1.COC(=O)[C@H](CSC1CC(=O)C[C@@H]1O[Si](C)(C)C(C)(C)C)NC(=O)OC(C)(C)C.COC(=O)[C@](C)(CC[C@@H]1CC(=O)CC1O[Si](C)(C)C(C)(C)C)NC(=O)OC(C)(C)C. The van der Waals surface area contributed by atoms with Gasteiger partial charge in [0.15, 0.2) is 25.0 Å². The lowest BCUT2D eigenvalue weighted by atomic mass is 9.89. The van der Waals surface area contributed by atoms with E-state index in [1.54, 1.807) is 48.5 Å². The van der Waals surface area contributed by atoms with Gasteiger partial charge in [0.2, 0.25) is 0 Å². The maximum atomic E-state index is 12.5. The molecule has 0 aliphatic heterocycles. The summed E-state index contributed by atoms with van der Waals surface area (Å²) in [5.41, 5.74) is -1.28. The van der Waals surface area contributed by atoms with Gasteiger partial charge in [-0.3, -0.25) is 14.4 Å². The Morgan fingerprint density at radius 3 is 1.38 bits per heavy atom. The van der Waals surface area contributed by atoms with E-state index in [9.17, 15) is 33.6 Å². The third-order valence-electron chi connectivity index (χ3n) is 16.1. The normalized spacial score (nSPS) is 22.3. The number of rotatable bonds is 19. The minimum absolute atomic E-state index is 0.0102. The van der Waals surface area contributed by atoms with Gasteiger partial charge in [-0.25, -0.2) is 19.2 Å². The molecule has 3 saturated carbocycles. The predicted molar refractivity (Wildman–Crippen MR) is 334 cm³/mol. The Bertz CT molecular complexity index is 2270. The Balaban J connectivity index is 0.000000420. The molecule has 2 N–H and O–H groups in total. The Morgan fingerprint density at radius 2 is 0.963 bits per heavy atom. The highest BCUT2D eigenvalue weighted by Crippen LogP contribution is 2.44. The molecule has 0 heterocycles. The van der Waals surface area contributed by atoms with Crippen LogP contribution in [0.5, 0.6) is 0 Å². The van der Waals surface area contributed by atoms with Crippen molar-refractivity contribution >= 4 is 90.0 Å². The zero-order valence-electron chi connectivity index (χ0n) is 54.0. The largest absolute Gasteiger partial charge is 0.467 e. The lowest BCUT2D eigenvalue weighted by molar-refractivity contribution is -0.148. The van der Waals surface area contributed by atoms with Crippen LogP contribution in [-0.4, -0.2) is 138 Å². The summed E-state index contributed by atoms with van der Waals surface area (Å²) >= 11 is 3.34. The molecule has 8 atom stereocenters. The van der Waals surface area contributed by atoms with Crippen LogP contribution in [0.2, 0.25) is 54.4 Å². The van der Waals surface area contributed by atoms with Gasteiger partial charge in [0.05, 0.1) is 32.5 Å².